The summed E-state index contributed by atoms with van der Waals surface area (Å²) in [5.74, 6) is -0.00576. The molecule has 3 aromatic heterocycles. The summed E-state index contributed by atoms with van der Waals surface area (Å²) in [5.41, 5.74) is 6.11. The number of H-pyrrole nitrogens is 2. The first-order valence-electron chi connectivity index (χ1n) is 7.82. The molecule has 0 saturated heterocycles. The second-order valence-corrected chi connectivity index (χ2v) is 7.18. The van der Waals surface area contributed by atoms with E-state index in [0.717, 1.165) is 27.4 Å². The summed E-state index contributed by atoms with van der Waals surface area (Å²) in [7, 11) is 0. The number of hydrazone groups is 1. The van der Waals surface area contributed by atoms with Crippen molar-refractivity contribution in [2.45, 2.75) is 34.1 Å². The highest BCUT2D eigenvalue weighted by atomic mass is 32.1. The van der Waals surface area contributed by atoms with Crippen LogP contribution in [0.25, 0.3) is 10.2 Å². The number of hydrogen-bond donors (Lipinski definition) is 3. The lowest BCUT2D eigenvalue weighted by molar-refractivity contribution is -0.120. The van der Waals surface area contributed by atoms with E-state index in [0.29, 0.717) is 16.0 Å². The van der Waals surface area contributed by atoms with Crippen molar-refractivity contribution in [3.05, 3.63) is 49.6 Å². The van der Waals surface area contributed by atoms with Crippen molar-refractivity contribution in [1.29, 1.82) is 0 Å². The lowest BCUT2D eigenvalue weighted by atomic mass is 10.2. The molecule has 0 bridgehead atoms. The summed E-state index contributed by atoms with van der Waals surface area (Å²) in [4.78, 5) is 36.2. The molecule has 25 heavy (non-hydrogen) atoms. The van der Waals surface area contributed by atoms with E-state index >= 15 is 0 Å². The zero-order valence-corrected chi connectivity index (χ0v) is 15.3. The average Bonchev–Trinajstić information content (AvgIpc) is 2.98. The van der Waals surface area contributed by atoms with Crippen molar-refractivity contribution in [2.24, 2.45) is 5.10 Å². The van der Waals surface area contributed by atoms with Gasteiger partial charge in [-0.05, 0) is 39.3 Å². The molecule has 0 aliphatic rings. The van der Waals surface area contributed by atoms with Gasteiger partial charge in [0.25, 0.3) is 5.56 Å². The minimum atomic E-state index is -0.339. The highest BCUT2D eigenvalue weighted by Gasteiger charge is 2.13. The number of aromatic nitrogens is 3. The van der Waals surface area contributed by atoms with Gasteiger partial charge in [-0.1, -0.05) is 0 Å². The molecule has 0 aromatic carbocycles. The summed E-state index contributed by atoms with van der Waals surface area (Å²) in [6, 6.07) is 1.94. The average molecular weight is 357 g/mol. The molecule has 0 atom stereocenters. The zero-order valence-electron chi connectivity index (χ0n) is 14.5. The number of carbonyl (C=O) groups is 1. The fourth-order valence-corrected chi connectivity index (χ4v) is 3.68. The maximum atomic E-state index is 12.2. The fourth-order valence-electron chi connectivity index (χ4n) is 2.63. The number of aromatic amines is 2. The normalized spacial score (nSPS) is 11.5. The molecular weight excluding hydrogens is 338 g/mol. The van der Waals surface area contributed by atoms with Crippen LogP contribution in [0.3, 0.4) is 0 Å². The molecular formula is C17H19N5O2S. The van der Waals surface area contributed by atoms with Crippen molar-refractivity contribution in [3.8, 4) is 0 Å². The van der Waals surface area contributed by atoms with Gasteiger partial charge in [-0.15, -0.1) is 11.3 Å². The van der Waals surface area contributed by atoms with Crippen LogP contribution in [0, 0.1) is 27.7 Å². The Morgan fingerprint density at radius 3 is 2.76 bits per heavy atom. The molecule has 0 radical (unpaired) electrons. The van der Waals surface area contributed by atoms with E-state index in [1.807, 2.05) is 33.8 Å². The molecule has 3 rings (SSSR count). The molecule has 7 nitrogen and oxygen atoms in total. The number of nitrogens with zero attached hydrogens (tertiary/aromatic N) is 2. The third-order valence-corrected chi connectivity index (χ3v) is 5.10. The second-order valence-electron chi connectivity index (χ2n) is 5.98. The van der Waals surface area contributed by atoms with Crippen LogP contribution in [0.4, 0.5) is 0 Å². The first-order chi connectivity index (χ1) is 11.8. The van der Waals surface area contributed by atoms with E-state index in [1.165, 1.54) is 11.3 Å². The maximum Gasteiger partial charge on any atom is 0.259 e. The van der Waals surface area contributed by atoms with Crippen molar-refractivity contribution in [3.63, 3.8) is 0 Å². The molecule has 3 heterocycles. The van der Waals surface area contributed by atoms with Crippen molar-refractivity contribution >= 4 is 33.7 Å². The van der Waals surface area contributed by atoms with E-state index in [4.69, 9.17) is 0 Å². The predicted molar refractivity (Wildman–Crippen MR) is 99.4 cm³/mol. The Morgan fingerprint density at radius 2 is 2.08 bits per heavy atom. The highest BCUT2D eigenvalue weighted by molar-refractivity contribution is 7.18. The highest BCUT2D eigenvalue weighted by Crippen LogP contribution is 2.25. The van der Waals surface area contributed by atoms with Crippen molar-refractivity contribution in [2.75, 3.05) is 0 Å². The number of thiophene rings is 1. The first kappa shape index (κ1) is 17.1. The van der Waals surface area contributed by atoms with E-state index in [2.05, 4.69) is 25.5 Å². The van der Waals surface area contributed by atoms with E-state index < -0.39 is 0 Å². The maximum absolute atomic E-state index is 12.2. The van der Waals surface area contributed by atoms with Crippen LogP contribution < -0.4 is 11.0 Å². The number of aryl methyl sites for hydroxylation is 4. The van der Waals surface area contributed by atoms with Gasteiger partial charge < -0.3 is 9.97 Å². The summed E-state index contributed by atoms with van der Waals surface area (Å²) in [6.45, 7) is 7.74. The third-order valence-electron chi connectivity index (χ3n) is 4.00. The SMILES string of the molecule is Cc1cc(/C=N/NC(=O)Cc2nc3sc(C)c(C)c3c(=O)[nH]2)c(C)[nH]1. The molecule has 8 heteroatoms. The fraction of sp³-hybridized carbons (Fsp3) is 0.294. The van der Waals surface area contributed by atoms with E-state index in [9.17, 15) is 9.59 Å². The molecule has 0 spiro atoms. The Labute approximate surface area is 148 Å². The third kappa shape index (κ3) is 3.53. The van der Waals surface area contributed by atoms with Gasteiger partial charge in [0.15, 0.2) is 0 Å². The van der Waals surface area contributed by atoms with E-state index in [1.54, 1.807) is 6.21 Å². The predicted octanol–water partition coefficient (Wildman–Crippen LogP) is 2.24. The molecule has 130 valence electrons. The molecule has 0 aliphatic carbocycles. The standard InChI is InChI=1S/C17H19N5O2S/c1-8-5-12(10(3)19-8)7-18-22-14(23)6-13-20-16(24)15-9(2)11(4)25-17(15)21-13/h5,7,19H,6H2,1-4H3,(H,22,23)(H,20,21,24)/b18-7+. The first-order valence-corrected chi connectivity index (χ1v) is 8.64. The number of amides is 1. The minimum absolute atomic E-state index is 0.0380. The number of fused-ring (bicyclic) bond motifs is 1. The van der Waals surface area contributed by atoms with Gasteiger partial charge in [0.2, 0.25) is 5.91 Å². The topological polar surface area (TPSA) is 103 Å². The van der Waals surface area contributed by atoms with Gasteiger partial charge in [0.05, 0.1) is 18.0 Å². The van der Waals surface area contributed by atoms with Gasteiger partial charge in [-0.3, -0.25) is 9.59 Å². The second kappa shape index (κ2) is 6.64. The Balaban J connectivity index is 1.72. The molecule has 3 aromatic rings. The van der Waals surface area contributed by atoms with Gasteiger partial charge in [0, 0.05) is 21.8 Å². The lowest BCUT2D eigenvalue weighted by Crippen LogP contribution is -2.23. The van der Waals surface area contributed by atoms with Crippen molar-refractivity contribution < 1.29 is 4.79 Å². The van der Waals surface area contributed by atoms with Crippen LogP contribution in [-0.4, -0.2) is 27.1 Å². The Morgan fingerprint density at radius 1 is 1.32 bits per heavy atom. The number of nitrogens with one attached hydrogen (secondary N) is 3. The quantitative estimate of drug-likeness (QED) is 0.493. The molecule has 0 saturated carbocycles. The largest absolute Gasteiger partial charge is 0.362 e. The number of carbonyl (C=O) groups excluding carboxylic acids is 1. The smallest absolute Gasteiger partial charge is 0.259 e. The zero-order chi connectivity index (χ0) is 18.1. The van der Waals surface area contributed by atoms with Crippen LogP contribution in [0.15, 0.2) is 16.0 Å². The van der Waals surface area contributed by atoms with Crippen molar-refractivity contribution in [1.82, 2.24) is 20.4 Å². The summed E-state index contributed by atoms with van der Waals surface area (Å²) < 4.78 is 0. The van der Waals surface area contributed by atoms with Gasteiger partial charge in [0.1, 0.15) is 10.7 Å². The number of rotatable bonds is 4. The van der Waals surface area contributed by atoms with Gasteiger partial charge >= 0.3 is 0 Å². The molecule has 1 amide bonds. The van der Waals surface area contributed by atoms with Crippen LogP contribution >= 0.6 is 11.3 Å². The Kier molecular flexibility index (Phi) is 4.54. The van der Waals surface area contributed by atoms with Gasteiger partial charge in [-0.25, -0.2) is 10.4 Å². The molecule has 0 unspecified atom stereocenters. The minimum Gasteiger partial charge on any atom is -0.362 e. The van der Waals surface area contributed by atoms with Crippen LogP contribution in [0.5, 0.6) is 0 Å². The number of hydrogen-bond acceptors (Lipinski definition) is 5. The monoisotopic (exact) mass is 357 g/mol. The van der Waals surface area contributed by atoms with Gasteiger partial charge in [-0.2, -0.15) is 5.10 Å². The van der Waals surface area contributed by atoms with E-state index in [-0.39, 0.29) is 17.9 Å². The van der Waals surface area contributed by atoms with Crippen LogP contribution in [0.1, 0.15) is 33.2 Å². The molecule has 0 aliphatic heterocycles. The Hall–Kier alpha value is -2.74. The Bertz CT molecular complexity index is 1040. The van der Waals surface area contributed by atoms with Crippen LogP contribution in [0.2, 0.25) is 0 Å². The summed E-state index contributed by atoms with van der Waals surface area (Å²) in [6.07, 6.45) is 1.55. The molecule has 3 N–H and O–H groups in total. The summed E-state index contributed by atoms with van der Waals surface area (Å²) in [5, 5.41) is 4.55. The van der Waals surface area contributed by atoms with Crippen LogP contribution in [-0.2, 0) is 11.2 Å². The summed E-state index contributed by atoms with van der Waals surface area (Å²) >= 11 is 1.46. The lowest BCUT2D eigenvalue weighted by Gasteiger charge is -2.00. The molecule has 0 fully saturated rings.